The van der Waals surface area contributed by atoms with Crippen molar-refractivity contribution in [2.45, 2.75) is 228 Å². The van der Waals surface area contributed by atoms with Gasteiger partial charge in [-0.25, -0.2) is 4.79 Å². The van der Waals surface area contributed by atoms with E-state index in [2.05, 4.69) is 123 Å². The third kappa shape index (κ3) is 35.2. The van der Waals surface area contributed by atoms with Gasteiger partial charge in [-0.15, -0.1) is 0 Å². The number of likely N-dealkylation sites (tertiary alicyclic amines) is 1. The van der Waals surface area contributed by atoms with E-state index in [1.165, 1.54) is 65.1 Å². The minimum absolute atomic E-state index is 0.0759. The number of carbonyl (C=O) groups excluding carboxylic acids is 17. The molecule has 2 aromatic carbocycles. The number of primary amides is 1. The van der Waals surface area contributed by atoms with E-state index in [1.807, 2.05) is 0 Å². The third-order valence-electron chi connectivity index (χ3n) is 20.1. The van der Waals surface area contributed by atoms with Gasteiger partial charge in [-0.05, 0) is 94.0 Å². The molecule has 0 spiro atoms. The van der Waals surface area contributed by atoms with Crippen molar-refractivity contribution in [1.29, 1.82) is 0 Å². The van der Waals surface area contributed by atoms with Gasteiger partial charge < -0.3 is 142 Å². The minimum atomic E-state index is -2.04. The fraction of sp³-hybridized carbons (Fsp3) is 0.557. The number of fused-ring (bicyclic) bond motifs is 1. The molecule has 1 fully saturated rings. The Labute approximate surface area is 760 Å². The molecular formula is C79H115N19O29S3. The molecule has 718 valence electrons. The normalized spacial score (nSPS) is 16.3. The maximum atomic E-state index is 14.7. The largest absolute Gasteiger partial charge is 0.508 e. The lowest BCUT2D eigenvalue weighted by Crippen LogP contribution is -2.62. The van der Waals surface area contributed by atoms with Crippen LogP contribution in [0.3, 0.4) is 0 Å². The van der Waals surface area contributed by atoms with Crippen LogP contribution in [0.5, 0.6) is 5.75 Å². The SMILES string of the molecule is CC(C)C[C@H](NC(=O)[C@H](C)NC(=O)[C@@H](NC(=O)[C@H](CS)NC(=O)[C@H](CCC(=O)O)NC(=O)[C@H](CO)NC(=O)[C@H](CS)NC(=O)[C@H](CO)NC(=O)[C@@H](N)[C@@H](C)O)C(C)C)C(=O)N[C@@H](CCC(N)=O)C(=O)N[C@@H](CC(=O)O)C(=O)N1CCC[C@H]1C(=O)N[C@@H](Cc1ccc(O)cc1)C(=O)N[C@@H](CS)C(=O)N[C@@H](C)C(=O)N[C@@H](Cc1c[nH]c2ccccc12)C(=O)N[C@@H](CC(=O)O)C(=O)O. The smallest absolute Gasteiger partial charge is 0.326 e. The number of nitrogens with one attached hydrogen (secondary N) is 16. The number of benzene rings is 2. The summed E-state index contributed by atoms with van der Waals surface area (Å²) >= 11 is 12.4. The fourth-order valence-electron chi connectivity index (χ4n) is 12.9. The molecule has 130 heavy (non-hydrogen) atoms. The summed E-state index contributed by atoms with van der Waals surface area (Å²) in [7, 11) is 0. The van der Waals surface area contributed by atoms with Crippen molar-refractivity contribution >= 4 is 173 Å². The van der Waals surface area contributed by atoms with Gasteiger partial charge in [-0.1, -0.05) is 58.0 Å². The summed E-state index contributed by atoms with van der Waals surface area (Å²) in [6.45, 7) is 7.32. The molecule has 3 aromatic rings. The van der Waals surface area contributed by atoms with Gasteiger partial charge in [0.1, 0.15) is 108 Å². The number of hydrogen-bond donors (Lipinski definition) is 29. The molecule has 48 nitrogen and oxygen atoms in total. The highest BCUT2D eigenvalue weighted by Crippen LogP contribution is 2.23. The van der Waals surface area contributed by atoms with E-state index in [9.17, 15) is 142 Å². The summed E-state index contributed by atoms with van der Waals surface area (Å²) in [6, 6.07) is -16.5. The zero-order valence-corrected chi connectivity index (χ0v) is 74.5. The van der Waals surface area contributed by atoms with Gasteiger partial charge in [-0.3, -0.25) is 95.9 Å². The first kappa shape index (κ1) is 110. The molecule has 51 heteroatoms. The Balaban J connectivity index is 1.49. The Morgan fingerprint density at radius 3 is 1.34 bits per heavy atom. The Morgan fingerprint density at radius 2 is 0.862 bits per heavy atom. The molecule has 17 amide bonds. The number of carbonyl (C=O) groups is 21. The summed E-state index contributed by atoms with van der Waals surface area (Å²) in [6.07, 6.45) is -5.60. The van der Waals surface area contributed by atoms with E-state index in [-0.39, 0.29) is 44.4 Å². The number of aliphatic hydroxyl groups excluding tert-OH is 3. The van der Waals surface area contributed by atoms with Gasteiger partial charge in [0, 0.05) is 66.6 Å². The number of carboxylic acid groups (broad SMARTS) is 4. The van der Waals surface area contributed by atoms with Gasteiger partial charge >= 0.3 is 23.9 Å². The van der Waals surface area contributed by atoms with E-state index >= 15 is 0 Å². The number of H-pyrrole nitrogens is 1. The Morgan fingerprint density at radius 1 is 0.454 bits per heavy atom. The molecule has 0 saturated carbocycles. The number of aromatic nitrogens is 1. The van der Waals surface area contributed by atoms with Crippen LogP contribution in [0.4, 0.5) is 0 Å². The van der Waals surface area contributed by atoms with Crippen LogP contribution in [-0.4, -0.2) is 321 Å². The van der Waals surface area contributed by atoms with E-state index in [0.717, 1.165) is 4.90 Å². The van der Waals surface area contributed by atoms with Crippen LogP contribution in [0.2, 0.25) is 0 Å². The molecule has 1 aliphatic heterocycles. The number of aliphatic hydroxyl groups is 3. The number of phenolic OH excluding ortho intramolecular Hbond substituents is 1. The number of para-hydroxylation sites is 1. The molecule has 4 rings (SSSR count). The number of phenols is 1. The van der Waals surface area contributed by atoms with Crippen molar-refractivity contribution in [3.8, 4) is 5.75 Å². The van der Waals surface area contributed by atoms with Crippen molar-refractivity contribution in [2.75, 3.05) is 37.0 Å². The lowest BCUT2D eigenvalue weighted by molar-refractivity contribution is -0.147. The van der Waals surface area contributed by atoms with Gasteiger partial charge in [-0.2, -0.15) is 37.9 Å². The molecule has 0 unspecified atom stereocenters. The monoisotopic (exact) mass is 1890 g/mol. The molecule has 0 radical (unpaired) electrons. The molecular weight excluding hydrogens is 1780 g/mol. The highest BCUT2D eigenvalue weighted by atomic mass is 32.1. The van der Waals surface area contributed by atoms with Crippen molar-refractivity contribution in [2.24, 2.45) is 23.3 Å². The topological polar surface area (TPSA) is 772 Å². The van der Waals surface area contributed by atoms with Crippen molar-refractivity contribution in [1.82, 2.24) is 89.6 Å². The highest BCUT2D eigenvalue weighted by molar-refractivity contribution is 7.80. The second-order valence-corrected chi connectivity index (χ2v) is 32.4. The van der Waals surface area contributed by atoms with Crippen molar-refractivity contribution in [3.05, 3.63) is 65.9 Å². The van der Waals surface area contributed by atoms with E-state index in [4.69, 9.17) is 11.5 Å². The first-order valence-electron chi connectivity index (χ1n) is 40.9. The van der Waals surface area contributed by atoms with Gasteiger partial charge in [0.15, 0.2) is 0 Å². The molecule has 1 aromatic heterocycles. The third-order valence-corrected chi connectivity index (χ3v) is 21.2. The number of thiol groups is 3. The van der Waals surface area contributed by atoms with E-state index in [0.29, 0.717) is 22.0 Å². The fourth-order valence-corrected chi connectivity index (χ4v) is 13.7. The number of rotatable bonds is 55. The van der Waals surface area contributed by atoms with Crippen LogP contribution in [0.15, 0.2) is 54.7 Å². The summed E-state index contributed by atoms with van der Waals surface area (Å²) in [5, 5.41) is 114. The minimum Gasteiger partial charge on any atom is -0.508 e. The van der Waals surface area contributed by atoms with Crippen LogP contribution in [0, 0.1) is 11.8 Å². The van der Waals surface area contributed by atoms with E-state index in [1.54, 1.807) is 38.1 Å². The second-order valence-electron chi connectivity index (χ2n) is 31.3. The number of aromatic hydroxyl groups is 1. The van der Waals surface area contributed by atoms with E-state index < -0.39 is 314 Å². The maximum absolute atomic E-state index is 14.7. The lowest BCUT2D eigenvalue weighted by Gasteiger charge is -2.31. The van der Waals surface area contributed by atoms with Crippen LogP contribution < -0.4 is 91.2 Å². The summed E-state index contributed by atoms with van der Waals surface area (Å²) in [5.74, 6) is -28.2. The number of hydrogen-bond acceptors (Lipinski definition) is 29. The van der Waals surface area contributed by atoms with Crippen LogP contribution in [0.25, 0.3) is 10.9 Å². The summed E-state index contributed by atoms with van der Waals surface area (Å²) in [5.41, 5.74) is 12.5. The predicted octanol–water partition coefficient (Wildman–Crippen LogP) is -8.69. The second kappa shape index (κ2) is 53.5. The molecule has 2 heterocycles. The predicted molar refractivity (Wildman–Crippen MR) is 466 cm³/mol. The van der Waals surface area contributed by atoms with Crippen LogP contribution in [0.1, 0.15) is 117 Å². The Hall–Kier alpha value is -12.5. The quantitative estimate of drug-likeness (QED) is 0.0233. The zero-order chi connectivity index (χ0) is 97.8. The van der Waals surface area contributed by atoms with Crippen LogP contribution >= 0.6 is 37.9 Å². The number of nitrogens with two attached hydrogens (primary N) is 2. The number of aliphatic carboxylic acids is 4. The number of carboxylic acids is 4. The molecule has 28 N–H and O–H groups in total. The van der Waals surface area contributed by atoms with Crippen LogP contribution in [-0.2, 0) is 114 Å². The maximum Gasteiger partial charge on any atom is 0.326 e. The number of aromatic amines is 1. The molecule has 1 saturated heterocycles. The Bertz CT molecular complexity index is 4560. The lowest BCUT2D eigenvalue weighted by atomic mass is 10.0. The average molecular weight is 1890 g/mol. The molecule has 0 aliphatic carbocycles. The summed E-state index contributed by atoms with van der Waals surface area (Å²) in [4.78, 5) is 286. The zero-order valence-electron chi connectivity index (χ0n) is 71.9. The van der Waals surface area contributed by atoms with Gasteiger partial charge in [0.05, 0.1) is 32.2 Å². The van der Waals surface area contributed by atoms with Gasteiger partial charge in [0.25, 0.3) is 0 Å². The van der Waals surface area contributed by atoms with Crippen molar-refractivity contribution in [3.63, 3.8) is 0 Å². The molecule has 0 bridgehead atoms. The standard InChI is InChI=1S/C79H115N19O29S3/c1-34(2)23-46(87-64(111)37(6)84-77(124)62(35(3)4)97-74(121)55(33-130)94-66(113)45(19-21-58(104)105)86-70(117)51(29-99)92-73(120)54(32-129)96-71(118)52(30-100)93-76(123)61(81)38(7)101)67(114)85-44(18-20-57(80)103)65(112)90-49(26-59(106)107)78(125)98-22-10-13-56(98)75(122)89-47(24-39-14-16-41(102)17-15-39)68(115)95-53(31-128)72(119)83-36(5)63(110)88-48(69(116)91-50(79(126)127)27-60(108)109)25-40-28-82-43-12-9-8-11-42(40)43/h8-9,11-12,14-17,28,34-38,44-56,61-62,82,99-102,128-130H,10,13,18-27,29-33,81H2,1-7H3,(H2,80,103)(H,83,119)(H,84,124)(H,85,114)(H,86,117)(H,87,111)(H,88,110)(H,89,122)(H,90,112)(H,91,116)(H,92,120)(H,93,123)(H,94,113)(H,95,115)(H,96,118)(H,97,121)(H,104,105)(H,106,107)(H,108,109)(H,126,127)/t36-,37-,38+,44-,45-,46-,47-,48-,49-,50-,51-,52-,53-,54-,55-,56-,61-,62-/m0/s1. The van der Waals surface area contributed by atoms with Crippen molar-refractivity contribution < 1.29 is 142 Å². The highest BCUT2D eigenvalue weighted by Gasteiger charge is 2.43. The average Bonchev–Trinajstić information content (AvgIpc) is 1.70. The summed E-state index contributed by atoms with van der Waals surface area (Å²) < 4.78 is 0. The number of nitrogens with zero attached hydrogens (tertiary/aromatic N) is 1. The first-order chi connectivity index (χ1) is 61.1. The number of amides is 17. The molecule has 1 aliphatic rings. The molecule has 18 atom stereocenters. The first-order valence-corrected chi connectivity index (χ1v) is 42.8. The van der Waals surface area contributed by atoms with Gasteiger partial charge in [0.2, 0.25) is 100 Å². The Kier molecular flexibility index (Phi) is 45.2.